The summed E-state index contributed by atoms with van der Waals surface area (Å²) in [5.74, 6) is 1.17. The van der Waals surface area contributed by atoms with Crippen LogP contribution in [0.2, 0.25) is 0 Å². The van der Waals surface area contributed by atoms with E-state index in [-0.39, 0.29) is 12.1 Å². The van der Waals surface area contributed by atoms with E-state index in [0.29, 0.717) is 24.8 Å². The molecule has 8 nitrogen and oxygen atoms in total. The third-order valence-corrected chi connectivity index (χ3v) is 4.90. The summed E-state index contributed by atoms with van der Waals surface area (Å²) in [7, 11) is 0. The number of pyridine rings is 1. The zero-order chi connectivity index (χ0) is 18.5. The molecule has 1 fully saturated rings. The first-order chi connectivity index (χ1) is 12.6. The van der Waals surface area contributed by atoms with E-state index in [1.807, 2.05) is 35.8 Å². The molecule has 1 aliphatic rings. The Hall–Kier alpha value is -2.48. The van der Waals surface area contributed by atoms with Crippen molar-refractivity contribution in [3.63, 3.8) is 0 Å². The minimum absolute atomic E-state index is 0.0174. The Balaban J connectivity index is 1.60. The van der Waals surface area contributed by atoms with Crippen molar-refractivity contribution in [2.24, 2.45) is 0 Å². The summed E-state index contributed by atoms with van der Waals surface area (Å²) >= 11 is 0. The van der Waals surface area contributed by atoms with Crippen LogP contribution in [0.1, 0.15) is 32.7 Å². The van der Waals surface area contributed by atoms with Gasteiger partial charge < -0.3 is 14.3 Å². The normalized spacial score (nSPS) is 16.5. The lowest BCUT2D eigenvalue weighted by atomic mass is 10.2. The fourth-order valence-corrected chi connectivity index (χ4v) is 3.17. The fourth-order valence-electron chi connectivity index (χ4n) is 3.17. The number of nitrogens with zero attached hydrogens (tertiary/aromatic N) is 6. The molecule has 2 aromatic heterocycles. The van der Waals surface area contributed by atoms with Crippen molar-refractivity contribution in [3.05, 3.63) is 30.4 Å². The largest absolute Gasteiger partial charge is 0.337 e. The Labute approximate surface area is 153 Å². The molecule has 3 rings (SSSR count). The van der Waals surface area contributed by atoms with Gasteiger partial charge in [-0.3, -0.25) is 9.88 Å². The second-order valence-corrected chi connectivity index (χ2v) is 6.35. The Morgan fingerprint density at radius 3 is 2.46 bits per heavy atom. The lowest BCUT2D eigenvalue weighted by Gasteiger charge is -2.38. The molecule has 0 unspecified atom stereocenters. The second-order valence-electron chi connectivity index (χ2n) is 6.35. The summed E-state index contributed by atoms with van der Waals surface area (Å²) in [4.78, 5) is 27.0. The van der Waals surface area contributed by atoms with Crippen molar-refractivity contribution in [2.75, 3.05) is 39.3 Å². The first-order valence-electron chi connectivity index (χ1n) is 9.16. The number of aromatic nitrogens is 3. The number of piperazine rings is 1. The van der Waals surface area contributed by atoms with Crippen LogP contribution in [-0.2, 0) is 0 Å². The van der Waals surface area contributed by atoms with Gasteiger partial charge in [-0.15, -0.1) is 0 Å². The highest BCUT2D eigenvalue weighted by Gasteiger charge is 2.29. The minimum Gasteiger partial charge on any atom is -0.337 e. The quantitative estimate of drug-likeness (QED) is 0.816. The van der Waals surface area contributed by atoms with E-state index in [1.165, 1.54) is 0 Å². The van der Waals surface area contributed by atoms with Gasteiger partial charge in [0.1, 0.15) is 0 Å². The summed E-state index contributed by atoms with van der Waals surface area (Å²) in [6.07, 6.45) is 3.42. The average molecular weight is 358 g/mol. The molecule has 0 aromatic carbocycles. The predicted molar refractivity (Wildman–Crippen MR) is 97.4 cm³/mol. The summed E-state index contributed by atoms with van der Waals surface area (Å²) < 4.78 is 5.47. The predicted octanol–water partition coefficient (Wildman–Crippen LogP) is 2.27. The third-order valence-electron chi connectivity index (χ3n) is 4.90. The van der Waals surface area contributed by atoms with Crippen molar-refractivity contribution in [3.8, 4) is 11.4 Å². The number of hydrogen-bond donors (Lipinski definition) is 0. The molecule has 0 spiro atoms. The van der Waals surface area contributed by atoms with Gasteiger partial charge in [0.05, 0.1) is 6.04 Å². The molecule has 8 heteroatoms. The van der Waals surface area contributed by atoms with Crippen LogP contribution in [0.4, 0.5) is 4.79 Å². The average Bonchev–Trinajstić information content (AvgIpc) is 3.19. The standard InChI is InChI=1S/C18H26N6O2/c1-4-22(5-2)18(25)24-12-10-23(11-13-24)14(3)17-20-16(21-26-17)15-6-8-19-9-7-15/h6-9,14H,4-5,10-13H2,1-3H3/t14-/m0/s1. The lowest BCUT2D eigenvalue weighted by molar-refractivity contribution is 0.0866. The van der Waals surface area contributed by atoms with Crippen LogP contribution in [-0.4, -0.2) is 75.1 Å². The van der Waals surface area contributed by atoms with Gasteiger partial charge in [0, 0.05) is 57.2 Å². The monoisotopic (exact) mass is 358 g/mol. The molecule has 140 valence electrons. The summed E-state index contributed by atoms with van der Waals surface area (Å²) in [6, 6.07) is 3.86. The van der Waals surface area contributed by atoms with E-state index >= 15 is 0 Å². The van der Waals surface area contributed by atoms with Crippen molar-refractivity contribution >= 4 is 6.03 Å². The van der Waals surface area contributed by atoms with Crippen LogP contribution >= 0.6 is 0 Å². The van der Waals surface area contributed by atoms with Gasteiger partial charge in [-0.1, -0.05) is 5.16 Å². The molecule has 1 atom stereocenters. The molecule has 0 N–H and O–H groups in total. The topological polar surface area (TPSA) is 78.6 Å². The minimum atomic E-state index is 0.0174. The maximum absolute atomic E-state index is 12.5. The van der Waals surface area contributed by atoms with E-state index in [9.17, 15) is 4.79 Å². The van der Waals surface area contributed by atoms with Crippen molar-refractivity contribution in [1.29, 1.82) is 0 Å². The highest BCUT2D eigenvalue weighted by molar-refractivity contribution is 5.74. The molecule has 0 bridgehead atoms. The molecule has 1 saturated heterocycles. The number of urea groups is 1. The first kappa shape index (κ1) is 18.3. The van der Waals surface area contributed by atoms with Crippen LogP contribution in [0.5, 0.6) is 0 Å². The molecule has 2 amide bonds. The van der Waals surface area contributed by atoms with Gasteiger partial charge in [0.2, 0.25) is 11.7 Å². The van der Waals surface area contributed by atoms with Gasteiger partial charge in [-0.25, -0.2) is 4.79 Å². The van der Waals surface area contributed by atoms with Gasteiger partial charge in [-0.05, 0) is 32.9 Å². The summed E-state index contributed by atoms with van der Waals surface area (Å²) in [5.41, 5.74) is 0.886. The van der Waals surface area contributed by atoms with E-state index in [1.54, 1.807) is 12.4 Å². The van der Waals surface area contributed by atoms with Gasteiger partial charge in [0.25, 0.3) is 0 Å². The SMILES string of the molecule is CCN(CC)C(=O)N1CCN([C@@H](C)c2nc(-c3ccncc3)no2)CC1. The van der Waals surface area contributed by atoms with E-state index < -0.39 is 0 Å². The van der Waals surface area contributed by atoms with Crippen molar-refractivity contribution < 1.29 is 9.32 Å². The van der Waals surface area contributed by atoms with Crippen molar-refractivity contribution in [1.82, 2.24) is 29.8 Å². The van der Waals surface area contributed by atoms with Crippen LogP contribution < -0.4 is 0 Å². The van der Waals surface area contributed by atoms with Crippen LogP contribution in [0.3, 0.4) is 0 Å². The van der Waals surface area contributed by atoms with E-state index in [2.05, 4.69) is 26.9 Å². The zero-order valence-electron chi connectivity index (χ0n) is 15.6. The molecule has 1 aliphatic heterocycles. The smallest absolute Gasteiger partial charge is 0.320 e. The maximum Gasteiger partial charge on any atom is 0.320 e. The van der Waals surface area contributed by atoms with Crippen LogP contribution in [0.25, 0.3) is 11.4 Å². The zero-order valence-corrected chi connectivity index (χ0v) is 15.6. The number of carbonyl (C=O) groups excluding carboxylic acids is 1. The Bertz CT molecular complexity index is 707. The Morgan fingerprint density at radius 1 is 1.19 bits per heavy atom. The molecular weight excluding hydrogens is 332 g/mol. The molecule has 2 aromatic rings. The van der Waals surface area contributed by atoms with Crippen LogP contribution in [0.15, 0.2) is 29.0 Å². The molecule has 3 heterocycles. The summed E-state index contributed by atoms with van der Waals surface area (Å²) in [5, 5.41) is 4.08. The molecule has 26 heavy (non-hydrogen) atoms. The molecule has 0 saturated carbocycles. The molecule has 0 radical (unpaired) electrons. The second kappa shape index (κ2) is 8.27. The number of hydrogen-bond acceptors (Lipinski definition) is 6. The van der Waals surface area contributed by atoms with Crippen molar-refractivity contribution in [2.45, 2.75) is 26.8 Å². The van der Waals surface area contributed by atoms with Gasteiger partial charge >= 0.3 is 6.03 Å². The highest BCUT2D eigenvalue weighted by Crippen LogP contribution is 2.23. The number of amides is 2. The fraction of sp³-hybridized carbons (Fsp3) is 0.556. The summed E-state index contributed by atoms with van der Waals surface area (Å²) in [6.45, 7) is 10.6. The highest BCUT2D eigenvalue weighted by atomic mass is 16.5. The van der Waals surface area contributed by atoms with Crippen LogP contribution in [0, 0.1) is 0 Å². The Morgan fingerprint density at radius 2 is 1.85 bits per heavy atom. The maximum atomic E-state index is 12.5. The van der Waals surface area contributed by atoms with Gasteiger partial charge in [0.15, 0.2) is 0 Å². The number of rotatable bonds is 5. The molecule has 0 aliphatic carbocycles. The molecular formula is C18H26N6O2. The van der Waals surface area contributed by atoms with E-state index in [4.69, 9.17) is 4.52 Å². The third kappa shape index (κ3) is 3.85. The Kier molecular flexibility index (Phi) is 5.82. The first-order valence-corrected chi connectivity index (χ1v) is 9.16. The number of carbonyl (C=O) groups is 1. The van der Waals surface area contributed by atoms with Gasteiger partial charge in [-0.2, -0.15) is 4.98 Å². The lowest BCUT2D eigenvalue weighted by Crippen LogP contribution is -2.53. The van der Waals surface area contributed by atoms with E-state index in [0.717, 1.165) is 31.7 Å².